The minimum absolute atomic E-state index is 0.202. The van der Waals surface area contributed by atoms with Gasteiger partial charge in [0.25, 0.3) is 0 Å². The second-order valence-electron chi connectivity index (χ2n) is 4.74. The second kappa shape index (κ2) is 5.75. The van der Waals surface area contributed by atoms with Gasteiger partial charge in [-0.05, 0) is 37.9 Å². The summed E-state index contributed by atoms with van der Waals surface area (Å²) in [5.41, 5.74) is 0. The Labute approximate surface area is 113 Å². The predicted molar refractivity (Wildman–Crippen MR) is 71.7 cm³/mol. The molecule has 0 fully saturated rings. The number of hydrogen-bond donors (Lipinski definition) is 0. The van der Waals surface area contributed by atoms with Crippen molar-refractivity contribution in [2.45, 2.75) is 32.4 Å². The molecule has 3 nitrogen and oxygen atoms in total. The lowest BCUT2D eigenvalue weighted by atomic mass is 10.7. The van der Waals surface area contributed by atoms with Crippen LogP contribution in [0.3, 0.4) is 0 Å². The summed E-state index contributed by atoms with van der Waals surface area (Å²) in [6.45, 7) is 7.83. The number of nitrogens with zero attached hydrogens (tertiary/aromatic N) is 2. The van der Waals surface area contributed by atoms with Crippen molar-refractivity contribution in [2.24, 2.45) is 0 Å². The minimum atomic E-state index is -1.06. The maximum Gasteiger partial charge on any atom is 0.190 e. The Kier molecular flexibility index (Phi) is 5.15. The van der Waals surface area contributed by atoms with Gasteiger partial charge >= 0.3 is 0 Å². The quantitative estimate of drug-likeness (QED) is 0.578. The first kappa shape index (κ1) is 14.3. The van der Waals surface area contributed by atoms with Crippen LogP contribution in [0.2, 0.25) is 25.7 Å². The van der Waals surface area contributed by atoms with E-state index in [0.717, 1.165) is 6.04 Å². The Balaban J connectivity index is 2.41. The summed E-state index contributed by atoms with van der Waals surface area (Å²) >= 11 is 6.14. The maximum atomic E-state index is 13.2. The van der Waals surface area contributed by atoms with Gasteiger partial charge in [0.2, 0.25) is 0 Å². The van der Waals surface area contributed by atoms with Crippen LogP contribution >= 0.6 is 31.9 Å². The highest BCUT2D eigenvalue weighted by molar-refractivity contribution is 9.11. The topological polar surface area (TPSA) is 27.1 Å². The molecule has 0 spiro atoms. The summed E-state index contributed by atoms with van der Waals surface area (Å²) in [6, 6.07) is 1.09. The average Bonchev–Trinajstić information content (AvgIpc) is 2.40. The first-order valence-corrected chi connectivity index (χ1v) is 10.3. The highest BCUT2D eigenvalue weighted by Crippen LogP contribution is 2.22. The van der Waals surface area contributed by atoms with Crippen LogP contribution in [0.5, 0.6) is 0 Å². The molecule has 7 heteroatoms. The molecule has 0 saturated heterocycles. The van der Waals surface area contributed by atoms with E-state index in [4.69, 9.17) is 4.74 Å². The van der Waals surface area contributed by atoms with Gasteiger partial charge in [0.15, 0.2) is 10.4 Å². The molecule has 0 aromatic carbocycles. The molecule has 0 saturated carbocycles. The van der Waals surface area contributed by atoms with Gasteiger partial charge < -0.3 is 4.74 Å². The zero-order valence-corrected chi connectivity index (χ0v) is 13.7. The lowest BCUT2D eigenvalue weighted by molar-refractivity contribution is 0.0765. The van der Waals surface area contributed by atoms with Crippen LogP contribution in [0.15, 0.2) is 9.21 Å². The zero-order chi connectivity index (χ0) is 12.3. The van der Waals surface area contributed by atoms with Crippen LogP contribution in [0.25, 0.3) is 0 Å². The summed E-state index contributed by atoms with van der Waals surface area (Å²) in [4.78, 5) is 0. The molecule has 0 N–H and O–H groups in total. The van der Waals surface area contributed by atoms with Crippen LogP contribution in [-0.2, 0) is 11.5 Å². The van der Waals surface area contributed by atoms with Crippen LogP contribution < -0.4 is 0 Å². The summed E-state index contributed by atoms with van der Waals surface area (Å²) in [5, 5.41) is 3.94. The van der Waals surface area contributed by atoms with Gasteiger partial charge in [0.05, 0.1) is 0 Å². The predicted octanol–water partition coefficient (Wildman–Crippen LogP) is 3.86. The van der Waals surface area contributed by atoms with Gasteiger partial charge in [-0.25, -0.2) is 9.07 Å². The van der Waals surface area contributed by atoms with Crippen LogP contribution in [-0.4, -0.2) is 24.5 Å². The first-order chi connectivity index (χ1) is 7.31. The van der Waals surface area contributed by atoms with E-state index in [2.05, 4.69) is 56.6 Å². The minimum Gasteiger partial charge on any atom is -0.359 e. The van der Waals surface area contributed by atoms with E-state index in [9.17, 15) is 4.39 Å². The number of hydrogen-bond acceptors (Lipinski definition) is 2. The van der Waals surface area contributed by atoms with Crippen molar-refractivity contribution < 1.29 is 9.13 Å². The van der Waals surface area contributed by atoms with E-state index in [0.29, 0.717) is 11.2 Å². The van der Waals surface area contributed by atoms with Crippen LogP contribution in [0, 0.1) is 5.82 Å². The fourth-order valence-corrected chi connectivity index (χ4v) is 2.78. The monoisotopic (exact) mass is 372 g/mol. The van der Waals surface area contributed by atoms with E-state index in [-0.39, 0.29) is 11.3 Å². The Hall–Kier alpha value is 0.277. The maximum absolute atomic E-state index is 13.2. The molecule has 0 aliphatic heterocycles. The van der Waals surface area contributed by atoms with Crippen molar-refractivity contribution in [1.82, 2.24) is 9.78 Å². The number of rotatable bonds is 5. The summed E-state index contributed by atoms with van der Waals surface area (Å²) in [5.74, 6) is -0.395. The number of aromatic nitrogens is 2. The van der Waals surface area contributed by atoms with E-state index in [1.807, 2.05) is 0 Å². The Morgan fingerprint density at radius 2 is 2.00 bits per heavy atom. The molecule has 1 rings (SSSR count). The fourth-order valence-electron chi connectivity index (χ4n) is 1.01. The zero-order valence-electron chi connectivity index (χ0n) is 9.56. The van der Waals surface area contributed by atoms with E-state index >= 15 is 0 Å². The van der Waals surface area contributed by atoms with Crippen molar-refractivity contribution in [3.63, 3.8) is 0 Å². The van der Waals surface area contributed by atoms with Crippen molar-refractivity contribution in [1.29, 1.82) is 0 Å². The van der Waals surface area contributed by atoms with Crippen LogP contribution in [0.1, 0.15) is 0 Å². The smallest absolute Gasteiger partial charge is 0.190 e. The molecule has 0 radical (unpaired) electrons. The summed E-state index contributed by atoms with van der Waals surface area (Å²) in [6.07, 6.45) is 0. The fraction of sp³-hybridized carbons (Fsp3) is 0.667. The lowest BCUT2D eigenvalue weighted by Gasteiger charge is -2.15. The molecule has 1 aromatic rings. The highest BCUT2D eigenvalue weighted by Gasteiger charge is 2.15. The SMILES string of the molecule is C[Si](C)(C)CCOCn1nc(Br)c(F)c1Br. The van der Waals surface area contributed by atoms with Gasteiger partial charge in [-0.2, -0.15) is 5.10 Å². The number of halogens is 3. The summed E-state index contributed by atoms with van der Waals surface area (Å²) < 4.78 is 20.6. The van der Waals surface area contributed by atoms with Crippen LogP contribution in [0.4, 0.5) is 4.39 Å². The van der Waals surface area contributed by atoms with Crippen molar-refractivity contribution in [2.75, 3.05) is 6.61 Å². The highest BCUT2D eigenvalue weighted by atomic mass is 79.9. The van der Waals surface area contributed by atoms with Gasteiger partial charge in [-0.15, -0.1) is 0 Å². The van der Waals surface area contributed by atoms with Gasteiger partial charge in [0.1, 0.15) is 11.3 Å². The molecule has 16 heavy (non-hydrogen) atoms. The van der Waals surface area contributed by atoms with Crippen molar-refractivity contribution in [3.8, 4) is 0 Å². The average molecular weight is 374 g/mol. The molecule has 0 amide bonds. The third-order valence-corrected chi connectivity index (χ3v) is 4.98. The molecule has 0 bridgehead atoms. The Morgan fingerprint density at radius 3 is 2.44 bits per heavy atom. The largest absolute Gasteiger partial charge is 0.359 e. The molecule has 92 valence electrons. The summed E-state index contributed by atoms with van der Waals surface area (Å²) in [7, 11) is -1.06. The number of ether oxygens (including phenoxy) is 1. The second-order valence-corrected chi connectivity index (χ2v) is 11.9. The molecule has 0 unspecified atom stereocenters. The normalized spacial score (nSPS) is 12.1. The molecular formula is C9H15Br2FN2OSi. The third-order valence-electron chi connectivity index (χ3n) is 2.01. The first-order valence-electron chi connectivity index (χ1n) is 4.96. The van der Waals surface area contributed by atoms with Gasteiger partial charge in [0, 0.05) is 14.7 Å². The standard InChI is InChI=1S/C9H15Br2FN2OSi/c1-16(2,3)5-4-15-6-14-9(11)7(12)8(10)13-14/h4-6H2,1-3H3. The Morgan fingerprint density at radius 1 is 1.38 bits per heavy atom. The molecule has 0 aliphatic rings. The molecule has 1 aromatic heterocycles. The lowest BCUT2D eigenvalue weighted by Crippen LogP contribution is -2.22. The molecular weight excluding hydrogens is 359 g/mol. The van der Waals surface area contributed by atoms with E-state index in [1.165, 1.54) is 4.68 Å². The molecule has 1 heterocycles. The van der Waals surface area contributed by atoms with Gasteiger partial charge in [-0.1, -0.05) is 19.6 Å². The molecule has 0 aliphatic carbocycles. The van der Waals surface area contributed by atoms with Crippen molar-refractivity contribution >= 4 is 39.9 Å². The van der Waals surface area contributed by atoms with Crippen molar-refractivity contribution in [3.05, 3.63) is 15.0 Å². The van der Waals surface area contributed by atoms with E-state index < -0.39 is 13.9 Å². The Bertz CT molecular complexity index is 365. The van der Waals surface area contributed by atoms with E-state index in [1.54, 1.807) is 0 Å². The molecule has 0 atom stereocenters. The third kappa shape index (κ3) is 4.27. The van der Waals surface area contributed by atoms with Gasteiger partial charge in [-0.3, -0.25) is 0 Å².